The van der Waals surface area contributed by atoms with Crippen LogP contribution in [0.15, 0.2) is 54.6 Å². The van der Waals surface area contributed by atoms with Gasteiger partial charge in [0, 0.05) is 19.8 Å². The van der Waals surface area contributed by atoms with Gasteiger partial charge in [-0.05, 0) is 11.6 Å². The molecule has 0 fully saturated rings. The second-order valence-electron chi connectivity index (χ2n) is 4.09. The quantitative estimate of drug-likeness (QED) is 0.769. The largest absolute Gasteiger partial charge is 0.438 e. The van der Waals surface area contributed by atoms with Gasteiger partial charge in [0.05, 0.1) is 0 Å². The molecule has 2 rings (SSSR count). The second kappa shape index (κ2) is 6.68. The third-order valence-electron chi connectivity index (χ3n) is 2.87. The zero-order valence-electron chi connectivity index (χ0n) is 11.7. The Balaban J connectivity index is 2.34. The molecule has 0 aliphatic carbocycles. The van der Waals surface area contributed by atoms with Crippen LogP contribution in [-0.4, -0.2) is 19.9 Å². The van der Waals surface area contributed by atoms with Crippen LogP contribution in [0.2, 0.25) is 0 Å². The van der Waals surface area contributed by atoms with Crippen molar-refractivity contribution in [1.82, 2.24) is 0 Å². The average Bonchev–Trinajstić information content (AvgIpc) is 2.55. The Morgan fingerprint density at radius 3 is 2.10 bits per heavy atom. The van der Waals surface area contributed by atoms with Gasteiger partial charge in [-0.25, -0.2) is 9.36 Å². The molecule has 0 spiro atoms. The standard InChI is InChI=1S/C15H15O5P/c1-18-21(17,19-2)15(16)20-14-11-7-6-10-13(14)12-8-4-3-5-9-12/h3-11H,1-2H3. The number of hydrogen-bond donors (Lipinski definition) is 0. The first-order chi connectivity index (χ1) is 10.1. The average molecular weight is 306 g/mol. The highest BCUT2D eigenvalue weighted by atomic mass is 31.2. The van der Waals surface area contributed by atoms with Gasteiger partial charge in [-0.3, -0.25) is 0 Å². The third kappa shape index (κ3) is 3.39. The summed E-state index contributed by atoms with van der Waals surface area (Å²) in [5, 5.41) is 0. The van der Waals surface area contributed by atoms with Crippen molar-refractivity contribution >= 4 is 13.3 Å². The van der Waals surface area contributed by atoms with Gasteiger partial charge in [0.25, 0.3) is 0 Å². The fourth-order valence-electron chi connectivity index (χ4n) is 1.79. The highest BCUT2D eigenvalue weighted by Gasteiger charge is 2.35. The fraction of sp³-hybridized carbons (Fsp3) is 0.133. The summed E-state index contributed by atoms with van der Waals surface area (Å²) in [5.74, 6) is 0.294. The van der Waals surface area contributed by atoms with Crippen molar-refractivity contribution in [1.29, 1.82) is 0 Å². The maximum Gasteiger partial charge on any atom is 0.438 e. The lowest BCUT2D eigenvalue weighted by Crippen LogP contribution is -2.09. The molecule has 0 saturated heterocycles. The molecule has 21 heavy (non-hydrogen) atoms. The van der Waals surface area contributed by atoms with E-state index in [1.807, 2.05) is 42.5 Å². The van der Waals surface area contributed by atoms with Gasteiger partial charge in [0.2, 0.25) is 0 Å². The third-order valence-corrected chi connectivity index (χ3v) is 4.37. The molecule has 0 radical (unpaired) electrons. The summed E-state index contributed by atoms with van der Waals surface area (Å²) >= 11 is 0. The van der Waals surface area contributed by atoms with E-state index in [2.05, 4.69) is 9.05 Å². The van der Waals surface area contributed by atoms with Crippen LogP contribution >= 0.6 is 7.60 Å². The van der Waals surface area contributed by atoms with Crippen LogP contribution in [0, 0.1) is 0 Å². The Kier molecular flexibility index (Phi) is 4.91. The molecule has 5 nitrogen and oxygen atoms in total. The van der Waals surface area contributed by atoms with Gasteiger partial charge in [0.15, 0.2) is 0 Å². The maximum atomic E-state index is 12.0. The molecule has 0 amide bonds. The van der Waals surface area contributed by atoms with Crippen LogP contribution in [0.1, 0.15) is 0 Å². The van der Waals surface area contributed by atoms with Crippen LogP contribution in [0.5, 0.6) is 5.75 Å². The predicted octanol–water partition coefficient (Wildman–Crippen LogP) is 4.34. The topological polar surface area (TPSA) is 61.8 Å². The van der Waals surface area contributed by atoms with Crippen molar-refractivity contribution in [2.75, 3.05) is 14.2 Å². The zero-order chi connectivity index (χ0) is 15.3. The Morgan fingerprint density at radius 1 is 0.905 bits per heavy atom. The van der Waals surface area contributed by atoms with Crippen LogP contribution in [-0.2, 0) is 13.6 Å². The molecule has 0 heterocycles. The first-order valence-electron chi connectivity index (χ1n) is 6.19. The highest BCUT2D eigenvalue weighted by Crippen LogP contribution is 2.48. The van der Waals surface area contributed by atoms with Crippen LogP contribution in [0.3, 0.4) is 0 Å². The van der Waals surface area contributed by atoms with Crippen molar-refractivity contribution in [2.24, 2.45) is 0 Å². The number of carbonyl (C=O) groups is 1. The molecule has 6 heteroatoms. The Bertz CT molecular complexity index is 661. The lowest BCUT2D eigenvalue weighted by atomic mass is 10.1. The molecule has 110 valence electrons. The number of ether oxygens (including phenoxy) is 1. The van der Waals surface area contributed by atoms with Crippen molar-refractivity contribution in [2.45, 2.75) is 0 Å². The van der Waals surface area contributed by atoms with E-state index in [1.165, 1.54) is 0 Å². The van der Waals surface area contributed by atoms with Gasteiger partial charge < -0.3 is 13.8 Å². The van der Waals surface area contributed by atoms with E-state index in [-0.39, 0.29) is 0 Å². The van der Waals surface area contributed by atoms with Crippen molar-refractivity contribution in [3.63, 3.8) is 0 Å². The molecular formula is C15H15O5P. The number of rotatable bonds is 5. The van der Waals surface area contributed by atoms with Crippen LogP contribution < -0.4 is 4.74 Å². The minimum absolute atomic E-state index is 0.294. The maximum absolute atomic E-state index is 12.0. The Labute approximate surface area is 123 Å². The molecule has 0 atom stereocenters. The predicted molar refractivity (Wildman–Crippen MR) is 79.5 cm³/mol. The number of benzene rings is 2. The van der Waals surface area contributed by atoms with Gasteiger partial charge in [-0.1, -0.05) is 48.5 Å². The summed E-state index contributed by atoms with van der Waals surface area (Å²) in [5.41, 5.74) is 0.548. The molecule has 0 N–H and O–H groups in total. The highest BCUT2D eigenvalue weighted by molar-refractivity contribution is 7.71. The van der Waals surface area contributed by atoms with E-state index in [0.717, 1.165) is 19.8 Å². The fourth-order valence-corrected chi connectivity index (χ4v) is 2.44. The lowest BCUT2D eigenvalue weighted by Gasteiger charge is -2.14. The van der Waals surface area contributed by atoms with E-state index >= 15 is 0 Å². The molecule has 0 aliphatic heterocycles. The number of hydrogen-bond acceptors (Lipinski definition) is 5. The van der Waals surface area contributed by atoms with Gasteiger partial charge in [-0.15, -0.1) is 0 Å². The molecule has 0 aromatic heterocycles. The molecule has 0 unspecified atom stereocenters. The van der Waals surface area contributed by atoms with Crippen LogP contribution in [0.25, 0.3) is 11.1 Å². The van der Waals surface area contributed by atoms with Gasteiger partial charge in [0.1, 0.15) is 5.75 Å². The Hall–Kier alpha value is -1.94. The van der Waals surface area contributed by atoms with E-state index in [0.29, 0.717) is 11.3 Å². The summed E-state index contributed by atoms with van der Waals surface area (Å²) in [6.45, 7) is 0. The summed E-state index contributed by atoms with van der Waals surface area (Å²) in [4.78, 5) is 11.9. The van der Waals surface area contributed by atoms with E-state index in [1.54, 1.807) is 12.1 Å². The number of carbonyl (C=O) groups excluding carboxylic acids is 1. The van der Waals surface area contributed by atoms with Crippen molar-refractivity contribution in [3.05, 3.63) is 54.6 Å². The first kappa shape index (κ1) is 15.4. The first-order valence-corrected chi connectivity index (χ1v) is 7.73. The van der Waals surface area contributed by atoms with E-state index in [9.17, 15) is 9.36 Å². The molecule has 0 bridgehead atoms. The molecule has 0 saturated carbocycles. The molecule has 2 aromatic rings. The smallest absolute Gasteiger partial charge is 0.417 e. The Morgan fingerprint density at radius 2 is 1.48 bits per heavy atom. The lowest BCUT2D eigenvalue weighted by molar-refractivity contribution is 0.203. The summed E-state index contributed by atoms with van der Waals surface area (Å²) in [6.07, 6.45) is 0. The molecular weight excluding hydrogens is 291 g/mol. The summed E-state index contributed by atoms with van der Waals surface area (Å²) < 4.78 is 26.4. The second-order valence-corrected chi connectivity index (χ2v) is 6.18. The SMILES string of the molecule is COP(=O)(OC)C(=O)Oc1ccccc1-c1ccccc1. The monoisotopic (exact) mass is 306 g/mol. The zero-order valence-corrected chi connectivity index (χ0v) is 12.6. The molecule has 2 aromatic carbocycles. The van der Waals surface area contributed by atoms with Crippen molar-refractivity contribution in [3.8, 4) is 16.9 Å². The number of para-hydroxylation sites is 1. The minimum atomic E-state index is -3.91. The van der Waals surface area contributed by atoms with E-state index < -0.39 is 13.3 Å². The van der Waals surface area contributed by atoms with Gasteiger partial charge >= 0.3 is 13.3 Å². The molecule has 0 aliphatic rings. The summed E-state index contributed by atoms with van der Waals surface area (Å²) in [6, 6.07) is 16.4. The van der Waals surface area contributed by atoms with Crippen molar-refractivity contribution < 1.29 is 23.1 Å². The van der Waals surface area contributed by atoms with Crippen LogP contribution in [0.4, 0.5) is 4.79 Å². The van der Waals surface area contributed by atoms with E-state index in [4.69, 9.17) is 4.74 Å². The normalized spacial score (nSPS) is 11.1. The summed E-state index contributed by atoms with van der Waals surface area (Å²) in [7, 11) is -1.64. The van der Waals surface area contributed by atoms with Gasteiger partial charge in [-0.2, -0.15) is 0 Å². The minimum Gasteiger partial charge on any atom is -0.417 e.